The molecular formula is C22H23BrN4O. The number of hydrogen-bond donors (Lipinski definition) is 2. The molecule has 144 valence electrons. The molecule has 0 fully saturated rings. The van der Waals surface area contributed by atoms with Crippen LogP contribution in [-0.2, 0) is 4.79 Å². The molecule has 0 saturated heterocycles. The second-order valence-electron chi connectivity index (χ2n) is 6.60. The molecule has 0 radical (unpaired) electrons. The van der Waals surface area contributed by atoms with Crippen molar-refractivity contribution in [3.05, 3.63) is 81.6 Å². The fourth-order valence-electron chi connectivity index (χ4n) is 3.07. The number of anilines is 1. The first-order valence-corrected chi connectivity index (χ1v) is 9.81. The van der Waals surface area contributed by atoms with E-state index in [1.807, 2.05) is 36.4 Å². The SMILES string of the molecule is Cc1ccccc1-n1c(C)cc(/C=N\NC(=O)CNc2ccc(Br)cc2)c1C. The highest BCUT2D eigenvalue weighted by atomic mass is 79.9. The number of aromatic nitrogens is 1. The Bertz CT molecular complexity index is 1010. The van der Waals surface area contributed by atoms with Crippen molar-refractivity contribution in [3.8, 4) is 5.69 Å². The summed E-state index contributed by atoms with van der Waals surface area (Å²) in [4.78, 5) is 12.0. The summed E-state index contributed by atoms with van der Waals surface area (Å²) in [6.45, 7) is 6.37. The minimum absolute atomic E-state index is 0.154. The molecule has 1 amide bonds. The molecule has 0 aliphatic rings. The molecule has 0 bridgehead atoms. The molecule has 2 N–H and O–H groups in total. The number of carbonyl (C=O) groups excluding carboxylic acids is 1. The van der Waals surface area contributed by atoms with Gasteiger partial charge in [-0.1, -0.05) is 34.1 Å². The third kappa shape index (κ3) is 4.70. The average Bonchev–Trinajstić information content (AvgIpc) is 2.95. The Morgan fingerprint density at radius 3 is 2.54 bits per heavy atom. The summed E-state index contributed by atoms with van der Waals surface area (Å²) in [5, 5.41) is 7.18. The van der Waals surface area contributed by atoms with E-state index in [2.05, 4.69) is 75.3 Å². The summed E-state index contributed by atoms with van der Waals surface area (Å²) >= 11 is 3.39. The zero-order valence-corrected chi connectivity index (χ0v) is 17.7. The highest BCUT2D eigenvalue weighted by molar-refractivity contribution is 9.10. The van der Waals surface area contributed by atoms with Crippen LogP contribution in [0.5, 0.6) is 0 Å². The molecule has 0 spiro atoms. The van der Waals surface area contributed by atoms with Gasteiger partial charge in [0.15, 0.2) is 0 Å². The van der Waals surface area contributed by atoms with Crippen LogP contribution >= 0.6 is 15.9 Å². The zero-order valence-electron chi connectivity index (χ0n) is 16.2. The van der Waals surface area contributed by atoms with Gasteiger partial charge in [-0.2, -0.15) is 5.10 Å². The molecule has 0 saturated carbocycles. The monoisotopic (exact) mass is 438 g/mol. The molecule has 0 atom stereocenters. The first kappa shape index (κ1) is 19.9. The summed E-state index contributed by atoms with van der Waals surface area (Å²) in [5.41, 5.74) is 8.99. The van der Waals surface area contributed by atoms with Crippen molar-refractivity contribution in [1.29, 1.82) is 0 Å². The number of hydrazone groups is 1. The van der Waals surface area contributed by atoms with E-state index in [4.69, 9.17) is 0 Å². The molecule has 28 heavy (non-hydrogen) atoms. The normalized spacial score (nSPS) is 11.0. The Morgan fingerprint density at radius 2 is 1.82 bits per heavy atom. The quantitative estimate of drug-likeness (QED) is 0.431. The topological polar surface area (TPSA) is 58.4 Å². The van der Waals surface area contributed by atoms with Gasteiger partial charge >= 0.3 is 0 Å². The van der Waals surface area contributed by atoms with Crippen LogP contribution in [0.2, 0.25) is 0 Å². The van der Waals surface area contributed by atoms with Crippen LogP contribution in [0.1, 0.15) is 22.5 Å². The van der Waals surface area contributed by atoms with E-state index in [1.54, 1.807) is 6.21 Å². The molecule has 2 aromatic carbocycles. The molecular weight excluding hydrogens is 416 g/mol. The van der Waals surface area contributed by atoms with Gasteiger partial charge in [0.25, 0.3) is 5.91 Å². The number of amides is 1. The smallest absolute Gasteiger partial charge is 0.259 e. The van der Waals surface area contributed by atoms with Crippen LogP contribution in [0.15, 0.2) is 64.2 Å². The largest absolute Gasteiger partial charge is 0.376 e. The number of benzene rings is 2. The van der Waals surface area contributed by atoms with Gasteiger partial charge in [0.2, 0.25) is 0 Å². The van der Waals surface area contributed by atoms with Gasteiger partial charge in [0, 0.05) is 32.8 Å². The van der Waals surface area contributed by atoms with Crippen LogP contribution in [0.25, 0.3) is 5.69 Å². The first-order valence-electron chi connectivity index (χ1n) is 9.02. The number of rotatable bonds is 6. The van der Waals surface area contributed by atoms with Crippen molar-refractivity contribution in [1.82, 2.24) is 9.99 Å². The lowest BCUT2D eigenvalue weighted by molar-refractivity contribution is -0.119. The molecule has 3 rings (SSSR count). The third-order valence-electron chi connectivity index (χ3n) is 4.52. The number of nitrogens with zero attached hydrogens (tertiary/aromatic N) is 2. The predicted molar refractivity (Wildman–Crippen MR) is 118 cm³/mol. The van der Waals surface area contributed by atoms with Gasteiger partial charge in [-0.15, -0.1) is 0 Å². The van der Waals surface area contributed by atoms with E-state index in [9.17, 15) is 4.79 Å². The van der Waals surface area contributed by atoms with Gasteiger partial charge in [0.1, 0.15) is 0 Å². The minimum atomic E-state index is -0.202. The molecule has 0 aliphatic carbocycles. The van der Waals surface area contributed by atoms with Crippen molar-refractivity contribution in [2.24, 2.45) is 5.10 Å². The Balaban J connectivity index is 1.63. The lowest BCUT2D eigenvalue weighted by Crippen LogP contribution is -2.25. The van der Waals surface area contributed by atoms with Crippen LogP contribution < -0.4 is 10.7 Å². The minimum Gasteiger partial charge on any atom is -0.376 e. The van der Waals surface area contributed by atoms with Gasteiger partial charge in [-0.05, 0) is 62.7 Å². The van der Waals surface area contributed by atoms with E-state index in [0.29, 0.717) is 0 Å². The van der Waals surface area contributed by atoms with Crippen LogP contribution in [0.4, 0.5) is 5.69 Å². The Labute approximate surface area is 173 Å². The number of hydrogen-bond acceptors (Lipinski definition) is 3. The molecule has 1 aromatic heterocycles. The van der Waals surface area contributed by atoms with E-state index in [1.165, 1.54) is 5.56 Å². The van der Waals surface area contributed by atoms with E-state index >= 15 is 0 Å². The summed E-state index contributed by atoms with van der Waals surface area (Å²) < 4.78 is 3.20. The highest BCUT2D eigenvalue weighted by Crippen LogP contribution is 2.22. The third-order valence-corrected chi connectivity index (χ3v) is 5.05. The van der Waals surface area contributed by atoms with Crippen molar-refractivity contribution in [2.75, 3.05) is 11.9 Å². The number of nitrogens with one attached hydrogen (secondary N) is 2. The standard InChI is InChI=1S/C22H23BrN4O/c1-15-6-4-5-7-21(15)27-16(2)12-18(17(27)3)13-25-26-22(28)14-24-20-10-8-19(23)9-11-20/h4-13,24H,14H2,1-3H3,(H,26,28)/b25-13-. The highest BCUT2D eigenvalue weighted by Gasteiger charge is 2.11. The van der Waals surface area contributed by atoms with Crippen molar-refractivity contribution in [3.63, 3.8) is 0 Å². The lowest BCUT2D eigenvalue weighted by Gasteiger charge is -2.12. The van der Waals surface area contributed by atoms with E-state index in [-0.39, 0.29) is 12.5 Å². The first-order chi connectivity index (χ1) is 13.5. The summed E-state index contributed by atoms with van der Waals surface area (Å²) in [6, 6.07) is 18.0. The van der Waals surface area contributed by atoms with Crippen molar-refractivity contribution < 1.29 is 4.79 Å². The van der Waals surface area contributed by atoms with Crippen LogP contribution in [0, 0.1) is 20.8 Å². The van der Waals surface area contributed by atoms with E-state index in [0.717, 1.165) is 32.8 Å². The van der Waals surface area contributed by atoms with Crippen LogP contribution in [-0.4, -0.2) is 23.2 Å². The summed E-state index contributed by atoms with van der Waals surface area (Å²) in [6.07, 6.45) is 1.69. The molecule has 0 unspecified atom stereocenters. The molecule has 3 aromatic rings. The van der Waals surface area contributed by atoms with Gasteiger partial charge in [-0.3, -0.25) is 4.79 Å². The summed E-state index contributed by atoms with van der Waals surface area (Å²) in [5.74, 6) is -0.202. The predicted octanol–water partition coefficient (Wildman–Crippen LogP) is 4.73. The van der Waals surface area contributed by atoms with Crippen molar-refractivity contribution >= 4 is 33.7 Å². The number of para-hydroxylation sites is 1. The number of aryl methyl sites for hydroxylation is 2. The number of carbonyl (C=O) groups is 1. The fraction of sp³-hybridized carbons (Fsp3) is 0.182. The maximum absolute atomic E-state index is 12.0. The Kier molecular flexibility index (Phi) is 6.31. The maximum atomic E-state index is 12.0. The van der Waals surface area contributed by atoms with Gasteiger partial charge < -0.3 is 9.88 Å². The van der Waals surface area contributed by atoms with Crippen molar-refractivity contribution in [2.45, 2.75) is 20.8 Å². The van der Waals surface area contributed by atoms with Crippen LogP contribution in [0.3, 0.4) is 0 Å². The van der Waals surface area contributed by atoms with E-state index < -0.39 is 0 Å². The molecule has 6 heteroatoms. The Hall–Kier alpha value is -2.86. The average molecular weight is 439 g/mol. The zero-order chi connectivity index (χ0) is 20.1. The molecule has 5 nitrogen and oxygen atoms in total. The van der Waals surface area contributed by atoms with Gasteiger partial charge in [0.05, 0.1) is 12.8 Å². The second-order valence-corrected chi connectivity index (χ2v) is 7.52. The lowest BCUT2D eigenvalue weighted by atomic mass is 10.2. The number of halogens is 1. The van der Waals surface area contributed by atoms with Gasteiger partial charge in [-0.25, -0.2) is 5.43 Å². The fourth-order valence-corrected chi connectivity index (χ4v) is 3.33. The molecule has 1 heterocycles. The maximum Gasteiger partial charge on any atom is 0.259 e. The second kappa shape index (κ2) is 8.89. The Morgan fingerprint density at radius 1 is 1.11 bits per heavy atom. The molecule has 0 aliphatic heterocycles. The summed E-state index contributed by atoms with van der Waals surface area (Å²) in [7, 11) is 0.